The van der Waals surface area contributed by atoms with Crippen LogP contribution in [0.3, 0.4) is 0 Å². The lowest BCUT2D eigenvalue weighted by molar-refractivity contribution is 0.408. The fourth-order valence-electron chi connectivity index (χ4n) is 2.23. The number of methoxy groups -OCH3 is 1. The van der Waals surface area contributed by atoms with Crippen molar-refractivity contribution in [2.45, 2.75) is 25.7 Å². The van der Waals surface area contributed by atoms with Crippen molar-refractivity contribution in [3.8, 4) is 5.75 Å². The molecule has 2 nitrogen and oxygen atoms in total. The first-order valence-corrected chi connectivity index (χ1v) is 5.66. The molecule has 1 aromatic rings. The molecule has 0 bridgehead atoms. The Hall–Kier alpha value is -1.02. The van der Waals surface area contributed by atoms with Crippen LogP contribution in [0.2, 0.25) is 0 Å². The summed E-state index contributed by atoms with van der Waals surface area (Å²) in [5.74, 6) is 1.67. The summed E-state index contributed by atoms with van der Waals surface area (Å²) in [5, 5.41) is 3.44. The van der Waals surface area contributed by atoms with Gasteiger partial charge in [0.2, 0.25) is 0 Å². The summed E-state index contributed by atoms with van der Waals surface area (Å²) in [6.07, 6.45) is 2.57. The topological polar surface area (TPSA) is 21.3 Å². The Bertz CT molecular complexity index is 329. The van der Waals surface area contributed by atoms with Gasteiger partial charge in [0.25, 0.3) is 0 Å². The SMILES string of the molecule is COc1cc([C@H]2CCCNC2)ccc1C. The maximum absolute atomic E-state index is 5.36. The quantitative estimate of drug-likeness (QED) is 0.801. The predicted molar refractivity (Wildman–Crippen MR) is 62.6 cm³/mol. The van der Waals surface area contributed by atoms with E-state index in [1.54, 1.807) is 7.11 Å². The van der Waals surface area contributed by atoms with E-state index in [-0.39, 0.29) is 0 Å². The van der Waals surface area contributed by atoms with Gasteiger partial charge in [-0.05, 0) is 49.4 Å². The van der Waals surface area contributed by atoms with Crippen LogP contribution in [0.4, 0.5) is 0 Å². The van der Waals surface area contributed by atoms with Crippen molar-refractivity contribution in [2.24, 2.45) is 0 Å². The first-order chi connectivity index (χ1) is 7.31. The van der Waals surface area contributed by atoms with Crippen LogP contribution in [0, 0.1) is 6.92 Å². The zero-order valence-electron chi connectivity index (χ0n) is 9.55. The molecule has 0 aromatic heterocycles. The van der Waals surface area contributed by atoms with Crippen LogP contribution in [0.1, 0.15) is 29.9 Å². The van der Waals surface area contributed by atoms with Gasteiger partial charge in [0.1, 0.15) is 5.75 Å². The van der Waals surface area contributed by atoms with Gasteiger partial charge < -0.3 is 10.1 Å². The first-order valence-electron chi connectivity index (χ1n) is 5.66. The number of hydrogen-bond donors (Lipinski definition) is 1. The smallest absolute Gasteiger partial charge is 0.122 e. The number of hydrogen-bond acceptors (Lipinski definition) is 2. The molecule has 0 saturated carbocycles. The molecule has 1 fully saturated rings. The number of ether oxygens (including phenoxy) is 1. The Morgan fingerprint density at radius 1 is 1.40 bits per heavy atom. The molecule has 0 spiro atoms. The van der Waals surface area contributed by atoms with Gasteiger partial charge in [-0.2, -0.15) is 0 Å². The lowest BCUT2D eigenvalue weighted by atomic mass is 9.91. The van der Waals surface area contributed by atoms with Crippen molar-refractivity contribution in [3.05, 3.63) is 29.3 Å². The summed E-state index contributed by atoms with van der Waals surface area (Å²) >= 11 is 0. The minimum Gasteiger partial charge on any atom is -0.496 e. The highest BCUT2D eigenvalue weighted by atomic mass is 16.5. The number of aryl methyl sites for hydroxylation is 1. The van der Waals surface area contributed by atoms with Crippen LogP contribution < -0.4 is 10.1 Å². The van der Waals surface area contributed by atoms with Crippen LogP contribution in [0.5, 0.6) is 5.75 Å². The zero-order valence-corrected chi connectivity index (χ0v) is 9.55. The molecule has 1 aliphatic heterocycles. The number of rotatable bonds is 2. The van der Waals surface area contributed by atoms with Gasteiger partial charge in [-0.15, -0.1) is 0 Å². The van der Waals surface area contributed by atoms with E-state index < -0.39 is 0 Å². The van der Waals surface area contributed by atoms with Gasteiger partial charge in [-0.25, -0.2) is 0 Å². The third-order valence-corrected chi connectivity index (χ3v) is 3.20. The number of nitrogens with one attached hydrogen (secondary N) is 1. The molecular formula is C13H19NO. The summed E-state index contributed by atoms with van der Waals surface area (Å²) < 4.78 is 5.36. The van der Waals surface area contributed by atoms with Crippen LogP contribution in [-0.2, 0) is 0 Å². The summed E-state index contributed by atoms with van der Waals surface area (Å²) in [4.78, 5) is 0. The lowest BCUT2D eigenvalue weighted by Gasteiger charge is -2.23. The maximum atomic E-state index is 5.36. The second-order valence-corrected chi connectivity index (χ2v) is 4.27. The average molecular weight is 205 g/mol. The lowest BCUT2D eigenvalue weighted by Crippen LogP contribution is -2.28. The highest BCUT2D eigenvalue weighted by molar-refractivity contribution is 5.38. The second kappa shape index (κ2) is 4.67. The molecule has 0 aliphatic carbocycles. The predicted octanol–water partition coefficient (Wildman–Crippen LogP) is 2.47. The van der Waals surface area contributed by atoms with E-state index in [4.69, 9.17) is 4.74 Å². The zero-order chi connectivity index (χ0) is 10.7. The number of benzene rings is 1. The van der Waals surface area contributed by atoms with E-state index in [1.165, 1.54) is 30.5 Å². The molecule has 2 rings (SSSR count). The average Bonchev–Trinajstić information content (AvgIpc) is 2.31. The van der Waals surface area contributed by atoms with Crippen molar-refractivity contribution in [1.82, 2.24) is 5.32 Å². The van der Waals surface area contributed by atoms with Crippen molar-refractivity contribution >= 4 is 0 Å². The summed E-state index contributed by atoms with van der Waals surface area (Å²) in [7, 11) is 1.74. The van der Waals surface area contributed by atoms with Gasteiger partial charge in [0.05, 0.1) is 7.11 Å². The molecule has 1 aliphatic rings. The van der Waals surface area contributed by atoms with Crippen LogP contribution in [0.25, 0.3) is 0 Å². The molecular weight excluding hydrogens is 186 g/mol. The molecule has 1 aromatic carbocycles. The van der Waals surface area contributed by atoms with Gasteiger partial charge in [0, 0.05) is 6.54 Å². The molecule has 0 unspecified atom stereocenters. The normalized spacial score (nSPS) is 21.3. The number of piperidine rings is 1. The minimum absolute atomic E-state index is 0.660. The van der Waals surface area contributed by atoms with E-state index in [1.807, 2.05) is 0 Å². The van der Waals surface area contributed by atoms with Gasteiger partial charge in [-0.3, -0.25) is 0 Å². The molecule has 0 radical (unpaired) electrons. The standard InChI is InChI=1S/C13H19NO/c1-10-5-6-11(8-13(10)15-2)12-4-3-7-14-9-12/h5-6,8,12,14H,3-4,7,9H2,1-2H3/t12-/m0/s1. The van der Waals surface area contributed by atoms with Crippen molar-refractivity contribution in [3.63, 3.8) is 0 Å². The fourth-order valence-corrected chi connectivity index (χ4v) is 2.23. The van der Waals surface area contributed by atoms with Crippen molar-refractivity contribution in [1.29, 1.82) is 0 Å². The van der Waals surface area contributed by atoms with Crippen LogP contribution >= 0.6 is 0 Å². The first kappa shape index (κ1) is 10.5. The van der Waals surface area contributed by atoms with E-state index in [0.29, 0.717) is 5.92 Å². The highest BCUT2D eigenvalue weighted by Crippen LogP contribution is 2.28. The molecule has 15 heavy (non-hydrogen) atoms. The Morgan fingerprint density at radius 3 is 2.93 bits per heavy atom. The van der Waals surface area contributed by atoms with Crippen LogP contribution in [0.15, 0.2) is 18.2 Å². The van der Waals surface area contributed by atoms with Gasteiger partial charge in [0.15, 0.2) is 0 Å². The van der Waals surface area contributed by atoms with Gasteiger partial charge >= 0.3 is 0 Å². The Balaban J connectivity index is 2.20. The van der Waals surface area contributed by atoms with E-state index in [2.05, 4.69) is 30.4 Å². The Kier molecular flexibility index (Phi) is 3.27. The molecule has 1 atom stereocenters. The van der Waals surface area contributed by atoms with Crippen molar-refractivity contribution in [2.75, 3.05) is 20.2 Å². The third-order valence-electron chi connectivity index (χ3n) is 3.20. The van der Waals surface area contributed by atoms with E-state index in [0.717, 1.165) is 12.3 Å². The molecule has 1 N–H and O–H groups in total. The second-order valence-electron chi connectivity index (χ2n) is 4.27. The maximum Gasteiger partial charge on any atom is 0.122 e. The summed E-state index contributed by atoms with van der Waals surface area (Å²) in [6.45, 7) is 4.35. The molecule has 0 amide bonds. The third kappa shape index (κ3) is 2.32. The largest absolute Gasteiger partial charge is 0.496 e. The van der Waals surface area contributed by atoms with Gasteiger partial charge in [-0.1, -0.05) is 12.1 Å². The van der Waals surface area contributed by atoms with E-state index in [9.17, 15) is 0 Å². The Morgan fingerprint density at radius 2 is 2.27 bits per heavy atom. The molecule has 1 heterocycles. The molecule has 1 saturated heterocycles. The highest BCUT2D eigenvalue weighted by Gasteiger charge is 2.15. The molecule has 2 heteroatoms. The minimum atomic E-state index is 0.660. The summed E-state index contributed by atoms with van der Waals surface area (Å²) in [6, 6.07) is 6.57. The molecule has 82 valence electrons. The monoisotopic (exact) mass is 205 g/mol. The van der Waals surface area contributed by atoms with E-state index >= 15 is 0 Å². The summed E-state index contributed by atoms with van der Waals surface area (Å²) in [5.41, 5.74) is 2.62. The Labute approximate surface area is 91.6 Å². The van der Waals surface area contributed by atoms with Crippen molar-refractivity contribution < 1.29 is 4.74 Å². The van der Waals surface area contributed by atoms with Crippen LogP contribution in [-0.4, -0.2) is 20.2 Å². The fraction of sp³-hybridized carbons (Fsp3) is 0.538.